The molecule has 3 heterocycles. The van der Waals surface area contributed by atoms with Crippen molar-refractivity contribution in [2.75, 3.05) is 26.2 Å². The van der Waals surface area contributed by atoms with E-state index >= 15 is 0 Å². The van der Waals surface area contributed by atoms with Gasteiger partial charge in [-0.2, -0.15) is 0 Å². The number of imide groups is 1. The van der Waals surface area contributed by atoms with Gasteiger partial charge in [0.2, 0.25) is 0 Å². The van der Waals surface area contributed by atoms with Crippen LogP contribution in [0.1, 0.15) is 17.6 Å². The van der Waals surface area contributed by atoms with E-state index in [9.17, 15) is 19.5 Å². The van der Waals surface area contributed by atoms with Gasteiger partial charge in [-0.15, -0.1) is 11.3 Å². The zero-order valence-electron chi connectivity index (χ0n) is 14.2. The molecule has 138 valence electrons. The Kier molecular flexibility index (Phi) is 5.10. The van der Waals surface area contributed by atoms with Gasteiger partial charge in [-0.3, -0.25) is 14.5 Å². The van der Waals surface area contributed by atoms with Gasteiger partial charge in [0.15, 0.2) is 5.60 Å². The third kappa shape index (κ3) is 3.23. The van der Waals surface area contributed by atoms with Crippen molar-refractivity contribution >= 4 is 29.2 Å². The molecular weight excluding hydrogens is 358 g/mol. The van der Waals surface area contributed by atoms with E-state index in [0.29, 0.717) is 18.0 Å². The molecule has 1 fully saturated rings. The minimum atomic E-state index is -1.56. The first-order valence-electron chi connectivity index (χ1n) is 8.16. The molecule has 0 bridgehead atoms. The van der Waals surface area contributed by atoms with E-state index in [-0.39, 0.29) is 18.8 Å². The molecule has 0 aromatic carbocycles. The summed E-state index contributed by atoms with van der Waals surface area (Å²) >= 11 is 1.32. The lowest BCUT2D eigenvalue weighted by Crippen LogP contribution is -2.59. The molecule has 0 unspecified atom stereocenters. The Bertz CT molecular complexity index is 753. The fourth-order valence-corrected chi connectivity index (χ4v) is 3.62. The van der Waals surface area contributed by atoms with Crippen LogP contribution in [0.2, 0.25) is 0 Å². The number of urea groups is 1. The molecule has 4 amide bonds. The third-order valence-electron chi connectivity index (χ3n) is 4.29. The van der Waals surface area contributed by atoms with Gasteiger partial charge in [0.05, 0.1) is 12.8 Å². The Labute approximate surface area is 154 Å². The summed E-state index contributed by atoms with van der Waals surface area (Å²) in [6, 6.07) is 6.04. The number of hydrogen-bond donors (Lipinski definition) is 2. The van der Waals surface area contributed by atoms with Crippen LogP contribution >= 0.6 is 11.3 Å². The SMILES string of the molecule is CCN1CCN(C(=O)NC[C@@](O)(c2ccco2)c2cccs2)C(=O)C1=O. The zero-order valence-corrected chi connectivity index (χ0v) is 15.0. The molecule has 8 nitrogen and oxygen atoms in total. The first-order chi connectivity index (χ1) is 12.5. The van der Waals surface area contributed by atoms with E-state index in [1.807, 2.05) is 0 Å². The second-order valence-electron chi connectivity index (χ2n) is 5.82. The molecule has 3 rings (SSSR count). The van der Waals surface area contributed by atoms with Gasteiger partial charge in [-0.1, -0.05) is 6.07 Å². The standard InChI is InChI=1S/C17H19N3O5S/c1-2-19-7-8-20(15(22)14(19)21)16(23)18-11-17(24,12-5-3-9-25-12)13-6-4-10-26-13/h3-6,9-10,24H,2,7-8,11H2,1H3,(H,18,23)/t17-/m1/s1. The van der Waals surface area contributed by atoms with Crippen LogP contribution in [0.25, 0.3) is 0 Å². The number of thiophene rings is 1. The molecular formula is C17H19N3O5S. The maximum absolute atomic E-state index is 12.4. The number of carbonyl (C=O) groups is 3. The number of nitrogens with one attached hydrogen (secondary N) is 1. The van der Waals surface area contributed by atoms with Crippen molar-refractivity contribution in [3.63, 3.8) is 0 Å². The fraction of sp³-hybridized carbons (Fsp3) is 0.353. The average molecular weight is 377 g/mol. The normalized spacial score (nSPS) is 17.3. The second kappa shape index (κ2) is 7.30. The van der Waals surface area contributed by atoms with Gasteiger partial charge in [0.1, 0.15) is 5.76 Å². The van der Waals surface area contributed by atoms with Gasteiger partial charge < -0.3 is 19.7 Å². The molecule has 1 aliphatic rings. The van der Waals surface area contributed by atoms with Crippen LogP contribution in [0, 0.1) is 0 Å². The second-order valence-corrected chi connectivity index (χ2v) is 6.76. The molecule has 1 saturated heterocycles. The number of hydrogen-bond acceptors (Lipinski definition) is 6. The topological polar surface area (TPSA) is 103 Å². The highest BCUT2D eigenvalue weighted by molar-refractivity contribution is 7.10. The minimum Gasteiger partial charge on any atom is -0.466 e. The molecule has 0 saturated carbocycles. The summed E-state index contributed by atoms with van der Waals surface area (Å²) < 4.78 is 5.33. The molecule has 0 spiro atoms. The van der Waals surface area contributed by atoms with Gasteiger partial charge >= 0.3 is 17.8 Å². The highest BCUT2D eigenvalue weighted by Crippen LogP contribution is 2.32. The largest absolute Gasteiger partial charge is 0.466 e. The maximum atomic E-state index is 12.4. The van der Waals surface area contributed by atoms with E-state index < -0.39 is 23.4 Å². The number of piperazine rings is 1. The number of furan rings is 1. The van der Waals surface area contributed by atoms with Crippen molar-refractivity contribution in [3.05, 3.63) is 46.5 Å². The lowest BCUT2D eigenvalue weighted by Gasteiger charge is -2.32. The van der Waals surface area contributed by atoms with Crippen LogP contribution in [0.5, 0.6) is 0 Å². The quantitative estimate of drug-likeness (QED) is 0.756. The molecule has 2 N–H and O–H groups in total. The Morgan fingerprint density at radius 3 is 2.73 bits per heavy atom. The van der Waals surface area contributed by atoms with Crippen LogP contribution in [-0.4, -0.2) is 58.9 Å². The van der Waals surface area contributed by atoms with Crippen LogP contribution in [-0.2, 0) is 15.2 Å². The molecule has 0 radical (unpaired) electrons. The summed E-state index contributed by atoms with van der Waals surface area (Å²) in [4.78, 5) is 39.3. The minimum absolute atomic E-state index is 0.114. The Hall–Kier alpha value is -2.65. The summed E-state index contributed by atoms with van der Waals surface area (Å²) in [6.07, 6.45) is 1.43. The molecule has 9 heteroatoms. The number of rotatable bonds is 5. The number of nitrogens with zero attached hydrogens (tertiary/aromatic N) is 2. The summed E-state index contributed by atoms with van der Waals surface area (Å²) in [7, 11) is 0. The maximum Gasteiger partial charge on any atom is 0.324 e. The van der Waals surface area contributed by atoms with Crippen molar-refractivity contribution in [1.29, 1.82) is 0 Å². The van der Waals surface area contributed by atoms with Gasteiger partial charge in [-0.25, -0.2) is 4.79 Å². The van der Waals surface area contributed by atoms with Gasteiger partial charge in [0, 0.05) is 24.5 Å². The van der Waals surface area contributed by atoms with Crippen molar-refractivity contribution in [1.82, 2.24) is 15.1 Å². The van der Waals surface area contributed by atoms with Crippen LogP contribution in [0.15, 0.2) is 40.3 Å². The highest BCUT2D eigenvalue weighted by atomic mass is 32.1. The van der Waals surface area contributed by atoms with Crippen molar-refractivity contribution < 1.29 is 23.9 Å². The van der Waals surface area contributed by atoms with Crippen LogP contribution in [0.4, 0.5) is 4.79 Å². The first-order valence-corrected chi connectivity index (χ1v) is 9.04. The van der Waals surface area contributed by atoms with Gasteiger partial charge in [-0.05, 0) is 30.5 Å². The van der Waals surface area contributed by atoms with Crippen LogP contribution < -0.4 is 5.32 Å². The summed E-state index contributed by atoms with van der Waals surface area (Å²) in [5, 5.41) is 15.4. The third-order valence-corrected chi connectivity index (χ3v) is 5.31. The Morgan fingerprint density at radius 1 is 1.31 bits per heavy atom. The summed E-state index contributed by atoms with van der Waals surface area (Å²) in [5.74, 6) is -1.29. The highest BCUT2D eigenvalue weighted by Gasteiger charge is 2.39. The summed E-state index contributed by atoms with van der Waals surface area (Å²) in [6.45, 7) is 2.39. The molecule has 26 heavy (non-hydrogen) atoms. The van der Waals surface area contributed by atoms with Gasteiger partial charge in [0.25, 0.3) is 0 Å². The lowest BCUT2D eigenvalue weighted by atomic mass is 9.98. The smallest absolute Gasteiger partial charge is 0.324 e. The Balaban J connectivity index is 1.73. The van der Waals surface area contributed by atoms with E-state index in [4.69, 9.17) is 4.42 Å². The van der Waals surface area contributed by atoms with E-state index in [1.165, 1.54) is 22.5 Å². The zero-order chi connectivity index (χ0) is 18.7. The van der Waals surface area contributed by atoms with E-state index in [1.54, 1.807) is 36.6 Å². The van der Waals surface area contributed by atoms with Crippen molar-refractivity contribution in [3.8, 4) is 0 Å². The number of likely N-dealkylation sites (N-methyl/N-ethyl adjacent to an activating group) is 1. The lowest BCUT2D eigenvalue weighted by molar-refractivity contribution is -0.153. The number of aliphatic hydroxyl groups is 1. The molecule has 1 atom stereocenters. The summed E-state index contributed by atoms with van der Waals surface area (Å²) in [5.41, 5.74) is -1.56. The number of amides is 4. The molecule has 2 aromatic rings. The molecule has 1 aliphatic heterocycles. The van der Waals surface area contributed by atoms with Crippen LogP contribution in [0.3, 0.4) is 0 Å². The fourth-order valence-electron chi connectivity index (χ4n) is 2.79. The average Bonchev–Trinajstić information content (AvgIpc) is 3.35. The molecule has 0 aliphatic carbocycles. The number of carbonyl (C=O) groups excluding carboxylic acids is 3. The van der Waals surface area contributed by atoms with Crippen molar-refractivity contribution in [2.45, 2.75) is 12.5 Å². The van der Waals surface area contributed by atoms with E-state index in [0.717, 1.165) is 4.90 Å². The molecule has 2 aromatic heterocycles. The Morgan fingerprint density at radius 2 is 2.12 bits per heavy atom. The predicted octanol–water partition coefficient (Wildman–Crippen LogP) is 0.977. The van der Waals surface area contributed by atoms with Crippen molar-refractivity contribution in [2.24, 2.45) is 0 Å². The first kappa shape index (κ1) is 18.2. The predicted molar refractivity (Wildman–Crippen MR) is 93.4 cm³/mol. The van der Waals surface area contributed by atoms with E-state index in [2.05, 4.69) is 5.32 Å². The monoisotopic (exact) mass is 377 g/mol.